The van der Waals surface area contributed by atoms with Crippen LogP contribution in [0.4, 0.5) is 0 Å². The number of hydrogen-bond acceptors (Lipinski definition) is 3. The van der Waals surface area contributed by atoms with Crippen molar-refractivity contribution < 1.29 is 8.42 Å². The van der Waals surface area contributed by atoms with Gasteiger partial charge in [0.1, 0.15) is 0 Å². The molecule has 0 unspecified atom stereocenters. The highest BCUT2D eigenvalue weighted by atomic mass is 32.2. The van der Waals surface area contributed by atoms with Crippen LogP contribution in [0.3, 0.4) is 0 Å². The number of rotatable bonds is 4. The van der Waals surface area contributed by atoms with E-state index < -0.39 is 9.84 Å². The van der Waals surface area contributed by atoms with E-state index in [-0.39, 0.29) is 5.75 Å². The van der Waals surface area contributed by atoms with Crippen molar-refractivity contribution in [3.63, 3.8) is 0 Å². The predicted molar refractivity (Wildman–Crippen MR) is 49.9 cm³/mol. The summed E-state index contributed by atoms with van der Waals surface area (Å²) in [6.45, 7) is 3.61. The number of nitrogens with one attached hydrogen (secondary N) is 1. The van der Waals surface area contributed by atoms with Crippen LogP contribution in [0, 0.1) is 0 Å². The van der Waals surface area contributed by atoms with Gasteiger partial charge < -0.3 is 5.32 Å². The van der Waals surface area contributed by atoms with Crippen molar-refractivity contribution in [1.29, 1.82) is 0 Å². The monoisotopic (exact) mass is 189 g/mol. The second-order valence-electron chi connectivity index (χ2n) is 3.08. The Morgan fingerprint density at radius 1 is 1.50 bits per heavy atom. The number of sulfone groups is 1. The van der Waals surface area contributed by atoms with Crippen molar-refractivity contribution in [2.75, 3.05) is 24.6 Å². The lowest BCUT2D eigenvalue weighted by molar-refractivity contribution is 0.596. The van der Waals surface area contributed by atoms with E-state index in [9.17, 15) is 8.42 Å². The lowest BCUT2D eigenvalue weighted by Crippen LogP contribution is -2.34. The van der Waals surface area contributed by atoms with Gasteiger partial charge in [0.15, 0.2) is 9.84 Å². The molecule has 0 aromatic carbocycles. The first kappa shape index (κ1) is 9.74. The van der Waals surface area contributed by atoms with E-state index in [2.05, 4.69) is 5.32 Å². The third-order valence-electron chi connectivity index (χ3n) is 1.85. The van der Waals surface area contributed by atoms with Crippen LogP contribution in [-0.4, -0.2) is 33.0 Å². The number of hydrogen-bond donors (Lipinski definition) is 1. The molecule has 0 bridgehead atoms. The summed E-state index contributed by atoms with van der Waals surface area (Å²) < 4.78 is 22.4. The van der Waals surface area contributed by atoms with Gasteiger partial charge in [-0.2, -0.15) is 0 Å². The smallest absolute Gasteiger partial charge is 0.153 e. The van der Waals surface area contributed by atoms with Crippen molar-refractivity contribution in [1.82, 2.24) is 5.32 Å². The molecule has 0 amide bonds. The Labute approximate surface area is 73.8 Å². The fraction of sp³-hybridized carbons (Fsp3) is 0.750. The molecule has 1 aliphatic rings. The molecule has 0 saturated carbocycles. The van der Waals surface area contributed by atoms with Crippen LogP contribution in [0.15, 0.2) is 11.6 Å². The zero-order valence-electron chi connectivity index (χ0n) is 7.34. The lowest BCUT2D eigenvalue weighted by atomic mass is 10.1. The summed E-state index contributed by atoms with van der Waals surface area (Å²) in [6, 6.07) is 0. The van der Waals surface area contributed by atoms with Crippen molar-refractivity contribution in [2.24, 2.45) is 0 Å². The first-order valence-electron chi connectivity index (χ1n) is 4.23. The average Bonchev–Trinajstić information content (AvgIpc) is 1.82. The second kappa shape index (κ2) is 4.05. The summed E-state index contributed by atoms with van der Waals surface area (Å²) in [6.07, 6.45) is 2.55. The molecule has 1 saturated heterocycles. The zero-order chi connectivity index (χ0) is 9.03. The summed E-state index contributed by atoms with van der Waals surface area (Å²) in [5.74, 6) is 0.530. The molecule has 0 atom stereocenters. The maximum Gasteiger partial charge on any atom is 0.153 e. The molecule has 0 aromatic heterocycles. The average molecular weight is 189 g/mol. The van der Waals surface area contributed by atoms with Crippen molar-refractivity contribution in [3.8, 4) is 0 Å². The predicted octanol–water partition coefficient (Wildman–Crippen LogP) is 0.341. The first-order chi connectivity index (χ1) is 5.64. The van der Waals surface area contributed by atoms with E-state index in [1.807, 2.05) is 13.0 Å². The summed E-state index contributed by atoms with van der Waals surface area (Å²) >= 11 is 0. The van der Waals surface area contributed by atoms with Gasteiger partial charge in [-0.1, -0.05) is 13.0 Å². The Balaban J connectivity index is 2.39. The fourth-order valence-corrected chi connectivity index (χ4v) is 2.33. The molecule has 1 rings (SSSR count). The minimum atomic E-state index is -2.81. The minimum Gasteiger partial charge on any atom is -0.309 e. The van der Waals surface area contributed by atoms with Gasteiger partial charge in [-0.05, 0) is 12.0 Å². The maximum atomic E-state index is 11.2. The zero-order valence-corrected chi connectivity index (χ0v) is 8.15. The summed E-state index contributed by atoms with van der Waals surface area (Å²) in [5, 5.41) is 3.07. The Bertz CT molecular complexity index is 261. The standard InChI is InChI=1S/C8H15NO2S/c1-2-4-12(10,11)5-3-8-6-9-7-8/h3,9H,2,4-7H2,1H3. The fourth-order valence-electron chi connectivity index (χ4n) is 1.05. The Kier molecular flexibility index (Phi) is 3.29. The third kappa shape index (κ3) is 2.95. The van der Waals surface area contributed by atoms with Crippen molar-refractivity contribution >= 4 is 9.84 Å². The Morgan fingerprint density at radius 3 is 2.58 bits per heavy atom. The van der Waals surface area contributed by atoms with Crippen LogP contribution in [0.1, 0.15) is 13.3 Å². The SMILES string of the molecule is CCCS(=O)(=O)CC=C1CNC1. The molecule has 1 fully saturated rings. The lowest BCUT2D eigenvalue weighted by Gasteiger charge is -2.18. The van der Waals surface area contributed by atoms with Crippen LogP contribution in [0.5, 0.6) is 0 Å². The summed E-state index contributed by atoms with van der Waals surface area (Å²) in [4.78, 5) is 0. The van der Waals surface area contributed by atoms with E-state index in [0.29, 0.717) is 12.2 Å². The van der Waals surface area contributed by atoms with Gasteiger partial charge >= 0.3 is 0 Å². The molecule has 1 heterocycles. The Hall–Kier alpha value is -0.350. The van der Waals surface area contributed by atoms with Crippen LogP contribution < -0.4 is 5.32 Å². The summed E-state index contributed by atoms with van der Waals surface area (Å²) in [7, 11) is -2.81. The molecule has 3 nitrogen and oxygen atoms in total. The van der Waals surface area contributed by atoms with Gasteiger partial charge in [-0.15, -0.1) is 0 Å². The first-order valence-corrected chi connectivity index (χ1v) is 6.05. The van der Waals surface area contributed by atoms with Crippen LogP contribution in [0.2, 0.25) is 0 Å². The molecule has 0 radical (unpaired) electrons. The van der Waals surface area contributed by atoms with E-state index in [4.69, 9.17) is 0 Å². The molecule has 0 spiro atoms. The second-order valence-corrected chi connectivity index (χ2v) is 5.31. The normalized spacial score (nSPS) is 17.2. The van der Waals surface area contributed by atoms with Crippen LogP contribution in [0.25, 0.3) is 0 Å². The van der Waals surface area contributed by atoms with Gasteiger partial charge in [-0.25, -0.2) is 8.42 Å². The molecule has 1 N–H and O–H groups in total. The van der Waals surface area contributed by atoms with Gasteiger partial charge in [0.2, 0.25) is 0 Å². The molecular weight excluding hydrogens is 174 g/mol. The quantitative estimate of drug-likeness (QED) is 0.649. The van der Waals surface area contributed by atoms with Gasteiger partial charge in [0.05, 0.1) is 11.5 Å². The van der Waals surface area contributed by atoms with E-state index in [1.165, 1.54) is 5.57 Å². The molecule has 12 heavy (non-hydrogen) atoms. The molecule has 4 heteroatoms. The topological polar surface area (TPSA) is 46.2 Å². The van der Waals surface area contributed by atoms with Crippen LogP contribution >= 0.6 is 0 Å². The summed E-state index contributed by atoms with van der Waals surface area (Å²) in [5.41, 5.74) is 1.22. The highest BCUT2D eigenvalue weighted by Crippen LogP contribution is 2.02. The van der Waals surface area contributed by atoms with E-state index in [0.717, 1.165) is 13.1 Å². The van der Waals surface area contributed by atoms with Crippen molar-refractivity contribution in [2.45, 2.75) is 13.3 Å². The van der Waals surface area contributed by atoms with Crippen molar-refractivity contribution in [3.05, 3.63) is 11.6 Å². The Morgan fingerprint density at radius 2 is 2.17 bits per heavy atom. The maximum absolute atomic E-state index is 11.2. The minimum absolute atomic E-state index is 0.220. The van der Waals surface area contributed by atoms with Gasteiger partial charge in [0, 0.05) is 13.1 Å². The van der Waals surface area contributed by atoms with Gasteiger partial charge in [0.25, 0.3) is 0 Å². The molecule has 0 aliphatic carbocycles. The molecule has 1 aliphatic heterocycles. The molecular formula is C8H15NO2S. The highest BCUT2D eigenvalue weighted by molar-refractivity contribution is 7.91. The van der Waals surface area contributed by atoms with E-state index >= 15 is 0 Å². The van der Waals surface area contributed by atoms with Gasteiger partial charge in [-0.3, -0.25) is 0 Å². The van der Waals surface area contributed by atoms with Crippen LogP contribution in [-0.2, 0) is 9.84 Å². The molecule has 70 valence electrons. The molecule has 0 aromatic rings. The highest BCUT2D eigenvalue weighted by Gasteiger charge is 2.10. The van der Waals surface area contributed by atoms with E-state index in [1.54, 1.807) is 0 Å². The third-order valence-corrected chi connectivity index (χ3v) is 3.55. The largest absolute Gasteiger partial charge is 0.309 e.